The van der Waals surface area contributed by atoms with E-state index in [0.717, 1.165) is 38.8 Å². The molecule has 5 nitrogen and oxygen atoms in total. The molecule has 118 valence electrons. The Kier molecular flexibility index (Phi) is 3.04. The van der Waals surface area contributed by atoms with E-state index >= 15 is 0 Å². The van der Waals surface area contributed by atoms with Gasteiger partial charge in [-0.1, -0.05) is 36.7 Å². The second kappa shape index (κ2) is 4.77. The Morgan fingerprint density at radius 1 is 1.22 bits per heavy atom. The molecule has 0 aliphatic carbocycles. The van der Waals surface area contributed by atoms with E-state index in [1.807, 2.05) is 17.9 Å². The lowest BCUT2D eigenvalue weighted by Crippen LogP contribution is -2.15. The molecule has 0 saturated heterocycles. The lowest BCUT2D eigenvalue weighted by Gasteiger charge is -2.13. The highest BCUT2D eigenvalue weighted by Crippen LogP contribution is 2.34. The number of nitrogens with zero attached hydrogens (tertiary/aromatic N) is 5. The molecule has 23 heavy (non-hydrogen) atoms. The fourth-order valence-corrected chi connectivity index (χ4v) is 3.23. The van der Waals surface area contributed by atoms with Gasteiger partial charge in [0.15, 0.2) is 11.6 Å². The third-order valence-electron chi connectivity index (χ3n) is 4.18. The number of rotatable bonds is 0. The number of halogens is 1. The first-order valence-electron chi connectivity index (χ1n) is 7.63. The van der Waals surface area contributed by atoms with Crippen molar-refractivity contribution in [2.45, 2.75) is 39.7 Å². The lowest BCUT2D eigenvalue weighted by atomic mass is 9.96. The van der Waals surface area contributed by atoms with Crippen LogP contribution in [0.1, 0.15) is 38.0 Å². The number of imidazole rings is 1. The molecule has 0 amide bonds. The minimum Gasteiger partial charge on any atom is -0.300 e. The fraction of sp³-hybridized carbons (Fsp3) is 0.353. The predicted molar refractivity (Wildman–Crippen MR) is 92.8 cm³/mol. The van der Waals surface area contributed by atoms with E-state index in [1.54, 1.807) is 0 Å². The standard InChI is InChI=1S/C17H18BrN5/c1-10-14-8-23-15(20-16(21-23)17(2,3)4)12-7-11(18)5-6-13(12)22(14)9-19-10/h5-7,9H,8H2,1-4H3. The Bertz CT molecular complexity index is 914. The highest BCUT2D eigenvalue weighted by molar-refractivity contribution is 9.10. The summed E-state index contributed by atoms with van der Waals surface area (Å²) in [7, 11) is 0. The van der Waals surface area contributed by atoms with E-state index in [1.165, 1.54) is 0 Å². The average Bonchev–Trinajstić information content (AvgIpc) is 3.02. The summed E-state index contributed by atoms with van der Waals surface area (Å²) in [4.78, 5) is 9.33. The van der Waals surface area contributed by atoms with Gasteiger partial charge in [-0.25, -0.2) is 14.6 Å². The predicted octanol–water partition coefficient (Wildman–Crippen LogP) is 3.86. The maximum atomic E-state index is 4.85. The smallest absolute Gasteiger partial charge is 0.160 e. The minimum atomic E-state index is -0.0827. The first-order valence-corrected chi connectivity index (χ1v) is 8.42. The van der Waals surface area contributed by atoms with Crippen molar-refractivity contribution in [3.8, 4) is 17.1 Å². The van der Waals surface area contributed by atoms with Crippen LogP contribution in [0.25, 0.3) is 17.1 Å². The fourth-order valence-electron chi connectivity index (χ4n) is 2.87. The molecular weight excluding hydrogens is 354 g/mol. The number of hydrogen-bond acceptors (Lipinski definition) is 3. The third kappa shape index (κ3) is 2.24. The van der Waals surface area contributed by atoms with E-state index in [4.69, 9.17) is 10.1 Å². The summed E-state index contributed by atoms with van der Waals surface area (Å²) in [6.45, 7) is 9.13. The van der Waals surface area contributed by atoms with Gasteiger partial charge in [-0.3, -0.25) is 0 Å². The van der Waals surface area contributed by atoms with Gasteiger partial charge in [0.1, 0.15) is 0 Å². The normalized spacial score (nSPS) is 13.3. The van der Waals surface area contributed by atoms with Crippen LogP contribution in [-0.2, 0) is 12.0 Å². The van der Waals surface area contributed by atoms with Crippen LogP contribution in [0.15, 0.2) is 29.0 Å². The summed E-state index contributed by atoms with van der Waals surface area (Å²) in [5.74, 6) is 1.78. The van der Waals surface area contributed by atoms with Crippen LogP contribution in [-0.4, -0.2) is 24.3 Å². The molecule has 0 fully saturated rings. The quantitative estimate of drug-likeness (QED) is 0.471. The number of aryl methyl sites for hydroxylation is 1. The summed E-state index contributed by atoms with van der Waals surface area (Å²) in [5.41, 5.74) is 4.26. The van der Waals surface area contributed by atoms with Crippen LogP contribution in [0.5, 0.6) is 0 Å². The molecule has 0 spiro atoms. The third-order valence-corrected chi connectivity index (χ3v) is 4.67. The molecule has 3 heterocycles. The SMILES string of the molecule is Cc1ncn2c1Cn1nc(C(C)(C)C)nc1-c1cc(Br)ccc1-2. The topological polar surface area (TPSA) is 48.5 Å². The van der Waals surface area contributed by atoms with Gasteiger partial charge >= 0.3 is 0 Å². The zero-order valence-corrected chi connectivity index (χ0v) is 15.2. The largest absolute Gasteiger partial charge is 0.300 e. The van der Waals surface area contributed by atoms with Crippen molar-refractivity contribution < 1.29 is 0 Å². The molecule has 1 aliphatic rings. The van der Waals surface area contributed by atoms with E-state index in [2.05, 4.69) is 64.5 Å². The Morgan fingerprint density at radius 2 is 2.00 bits per heavy atom. The lowest BCUT2D eigenvalue weighted by molar-refractivity contribution is 0.531. The van der Waals surface area contributed by atoms with Gasteiger partial charge in [-0.15, -0.1) is 0 Å². The number of aromatic nitrogens is 5. The van der Waals surface area contributed by atoms with Crippen LogP contribution >= 0.6 is 15.9 Å². The molecule has 2 aromatic heterocycles. The molecule has 0 N–H and O–H groups in total. The van der Waals surface area contributed by atoms with Gasteiger partial charge in [0, 0.05) is 15.5 Å². The summed E-state index contributed by atoms with van der Waals surface area (Å²) in [6, 6.07) is 6.26. The molecule has 1 aliphatic heterocycles. The zero-order chi connectivity index (χ0) is 16.4. The first-order chi connectivity index (χ1) is 10.8. The molecule has 6 heteroatoms. The van der Waals surface area contributed by atoms with Crippen LogP contribution < -0.4 is 0 Å². The van der Waals surface area contributed by atoms with Crippen molar-refractivity contribution in [2.24, 2.45) is 0 Å². The highest BCUT2D eigenvalue weighted by atomic mass is 79.9. The van der Waals surface area contributed by atoms with Crippen molar-refractivity contribution in [2.75, 3.05) is 0 Å². The molecule has 0 saturated carbocycles. The molecule has 3 aromatic rings. The Morgan fingerprint density at radius 3 is 2.74 bits per heavy atom. The second-order valence-corrected chi connectivity index (χ2v) is 7.89. The molecule has 0 atom stereocenters. The van der Waals surface area contributed by atoms with Crippen molar-refractivity contribution >= 4 is 15.9 Å². The average molecular weight is 372 g/mol. The Hall–Kier alpha value is -1.95. The van der Waals surface area contributed by atoms with E-state index in [9.17, 15) is 0 Å². The Labute approximate surface area is 143 Å². The van der Waals surface area contributed by atoms with Crippen molar-refractivity contribution in [1.29, 1.82) is 0 Å². The molecule has 4 rings (SSSR count). The molecule has 0 unspecified atom stereocenters. The van der Waals surface area contributed by atoms with Gasteiger partial charge in [0.2, 0.25) is 0 Å². The molecular formula is C17H18BrN5. The van der Waals surface area contributed by atoms with E-state index in [-0.39, 0.29) is 5.41 Å². The molecule has 0 radical (unpaired) electrons. The van der Waals surface area contributed by atoms with Crippen LogP contribution in [0.4, 0.5) is 0 Å². The first kappa shape index (κ1) is 14.6. The van der Waals surface area contributed by atoms with Gasteiger partial charge < -0.3 is 4.57 Å². The second-order valence-electron chi connectivity index (χ2n) is 6.97. The van der Waals surface area contributed by atoms with Gasteiger partial charge in [0.05, 0.1) is 29.9 Å². The maximum Gasteiger partial charge on any atom is 0.160 e. The summed E-state index contributed by atoms with van der Waals surface area (Å²) in [6.07, 6.45) is 1.88. The summed E-state index contributed by atoms with van der Waals surface area (Å²) in [5, 5.41) is 4.78. The molecule has 1 aromatic carbocycles. The monoisotopic (exact) mass is 371 g/mol. The Balaban J connectivity index is 2.05. The van der Waals surface area contributed by atoms with Gasteiger partial charge in [0.25, 0.3) is 0 Å². The number of benzene rings is 1. The van der Waals surface area contributed by atoms with Crippen molar-refractivity contribution in [3.05, 3.63) is 46.2 Å². The van der Waals surface area contributed by atoms with E-state index < -0.39 is 0 Å². The van der Waals surface area contributed by atoms with E-state index in [0.29, 0.717) is 6.54 Å². The summed E-state index contributed by atoms with van der Waals surface area (Å²) < 4.78 is 5.17. The maximum absolute atomic E-state index is 4.85. The van der Waals surface area contributed by atoms with Crippen LogP contribution in [0, 0.1) is 6.92 Å². The number of fused-ring (bicyclic) bond motifs is 5. The van der Waals surface area contributed by atoms with Crippen LogP contribution in [0.2, 0.25) is 0 Å². The van der Waals surface area contributed by atoms with Crippen molar-refractivity contribution in [3.63, 3.8) is 0 Å². The summed E-state index contributed by atoms with van der Waals surface area (Å²) >= 11 is 3.58. The van der Waals surface area contributed by atoms with Gasteiger partial charge in [-0.05, 0) is 25.1 Å². The van der Waals surface area contributed by atoms with Crippen molar-refractivity contribution in [1.82, 2.24) is 24.3 Å². The molecule has 0 bridgehead atoms. The van der Waals surface area contributed by atoms with Gasteiger partial charge in [-0.2, -0.15) is 5.10 Å². The van der Waals surface area contributed by atoms with Crippen LogP contribution in [0.3, 0.4) is 0 Å². The minimum absolute atomic E-state index is 0.0827. The zero-order valence-electron chi connectivity index (χ0n) is 13.6. The number of hydrogen-bond donors (Lipinski definition) is 0. The highest BCUT2D eigenvalue weighted by Gasteiger charge is 2.27.